The van der Waals surface area contributed by atoms with Gasteiger partial charge in [-0.1, -0.05) is 25.1 Å². The van der Waals surface area contributed by atoms with E-state index in [1.54, 1.807) is 24.3 Å². The molecule has 30 heavy (non-hydrogen) atoms. The lowest BCUT2D eigenvalue weighted by Crippen LogP contribution is -2.44. The van der Waals surface area contributed by atoms with E-state index in [1.807, 2.05) is 37.4 Å². The van der Waals surface area contributed by atoms with Crippen LogP contribution in [-0.4, -0.2) is 35.4 Å². The molecule has 3 N–H and O–H groups in total. The number of rotatable bonds is 8. The lowest BCUT2D eigenvalue weighted by molar-refractivity contribution is -0.125. The van der Waals surface area contributed by atoms with Gasteiger partial charge in [0.2, 0.25) is 11.8 Å². The first-order valence-electron chi connectivity index (χ1n) is 9.88. The SMILES string of the molecule is CCCOC(=O)c1ccc(NC(=O)C(Cc2c[nH]c3ccccc23)NC(C)=O)cc1. The summed E-state index contributed by atoms with van der Waals surface area (Å²) < 4.78 is 5.10. The summed E-state index contributed by atoms with van der Waals surface area (Å²) in [6.07, 6.45) is 2.95. The van der Waals surface area contributed by atoms with E-state index in [0.29, 0.717) is 24.3 Å². The van der Waals surface area contributed by atoms with Crippen LogP contribution in [0.4, 0.5) is 5.69 Å². The van der Waals surface area contributed by atoms with Gasteiger partial charge in [0.1, 0.15) is 6.04 Å². The highest BCUT2D eigenvalue weighted by Gasteiger charge is 2.22. The van der Waals surface area contributed by atoms with E-state index in [4.69, 9.17) is 4.74 Å². The second-order valence-electron chi connectivity index (χ2n) is 7.02. The summed E-state index contributed by atoms with van der Waals surface area (Å²) in [7, 11) is 0. The Bertz CT molecular complexity index is 1040. The average Bonchev–Trinajstić information content (AvgIpc) is 3.14. The highest BCUT2D eigenvalue weighted by Crippen LogP contribution is 2.20. The predicted octanol–water partition coefficient (Wildman–Crippen LogP) is 3.42. The molecule has 1 aromatic heterocycles. The third-order valence-electron chi connectivity index (χ3n) is 4.62. The molecule has 2 aromatic carbocycles. The van der Waals surface area contributed by atoms with Crippen molar-refractivity contribution in [2.24, 2.45) is 0 Å². The maximum absolute atomic E-state index is 12.8. The monoisotopic (exact) mass is 407 g/mol. The highest BCUT2D eigenvalue weighted by molar-refractivity contribution is 5.98. The molecule has 0 aliphatic rings. The van der Waals surface area contributed by atoms with Gasteiger partial charge in [0.05, 0.1) is 12.2 Å². The van der Waals surface area contributed by atoms with E-state index >= 15 is 0 Å². The Balaban J connectivity index is 1.71. The van der Waals surface area contributed by atoms with Gasteiger partial charge in [0.25, 0.3) is 0 Å². The number of carbonyl (C=O) groups excluding carboxylic acids is 3. The Labute approximate surface area is 174 Å². The molecule has 3 aromatic rings. The first-order chi connectivity index (χ1) is 14.5. The minimum absolute atomic E-state index is 0.288. The topological polar surface area (TPSA) is 100 Å². The standard InChI is InChI=1S/C23H25N3O4/c1-3-12-30-23(29)16-8-10-18(11-9-16)26-22(28)21(25-15(2)27)13-17-14-24-20-7-5-4-6-19(17)20/h4-11,14,21,24H,3,12-13H2,1-2H3,(H,25,27)(H,26,28). The molecule has 2 amide bonds. The van der Waals surface area contributed by atoms with E-state index in [9.17, 15) is 14.4 Å². The normalized spacial score (nSPS) is 11.7. The van der Waals surface area contributed by atoms with E-state index in [1.165, 1.54) is 6.92 Å². The Kier molecular flexibility index (Phi) is 6.85. The fourth-order valence-corrected chi connectivity index (χ4v) is 3.17. The molecule has 0 saturated carbocycles. The van der Waals surface area contributed by atoms with Crippen LogP contribution in [0, 0.1) is 0 Å². The molecule has 0 aliphatic heterocycles. The number of hydrogen-bond acceptors (Lipinski definition) is 4. The molecule has 1 atom stereocenters. The molecule has 0 aliphatic carbocycles. The van der Waals surface area contributed by atoms with Crippen molar-refractivity contribution in [2.45, 2.75) is 32.7 Å². The number of ether oxygens (including phenoxy) is 1. The van der Waals surface area contributed by atoms with E-state index < -0.39 is 12.0 Å². The summed E-state index contributed by atoms with van der Waals surface area (Å²) in [6.45, 7) is 3.67. The van der Waals surface area contributed by atoms with Crippen LogP contribution in [-0.2, 0) is 20.7 Å². The molecule has 0 radical (unpaired) electrons. The maximum Gasteiger partial charge on any atom is 0.338 e. The molecule has 156 valence electrons. The van der Waals surface area contributed by atoms with Crippen molar-refractivity contribution in [1.29, 1.82) is 0 Å². The Hall–Kier alpha value is -3.61. The first kappa shape index (κ1) is 21.1. The summed E-state index contributed by atoms with van der Waals surface area (Å²) in [5, 5.41) is 6.53. The second kappa shape index (κ2) is 9.73. The summed E-state index contributed by atoms with van der Waals surface area (Å²) in [4.78, 5) is 39.6. The van der Waals surface area contributed by atoms with Gasteiger partial charge in [0, 0.05) is 36.1 Å². The number of nitrogens with one attached hydrogen (secondary N) is 3. The molecule has 1 unspecified atom stereocenters. The number of para-hydroxylation sites is 1. The molecular weight excluding hydrogens is 382 g/mol. The fourth-order valence-electron chi connectivity index (χ4n) is 3.17. The van der Waals surface area contributed by atoms with Gasteiger partial charge < -0.3 is 20.4 Å². The van der Waals surface area contributed by atoms with Crippen molar-refractivity contribution in [3.8, 4) is 0 Å². The number of H-pyrrole nitrogens is 1. The van der Waals surface area contributed by atoms with Gasteiger partial charge in [0.15, 0.2) is 0 Å². The zero-order valence-corrected chi connectivity index (χ0v) is 17.0. The van der Waals surface area contributed by atoms with Gasteiger partial charge in [-0.15, -0.1) is 0 Å². The summed E-state index contributed by atoms with van der Waals surface area (Å²) in [5.74, 6) is -1.02. The molecule has 7 heteroatoms. The number of benzene rings is 2. The van der Waals surface area contributed by atoms with Crippen LogP contribution in [0.3, 0.4) is 0 Å². The number of aromatic amines is 1. The molecule has 0 bridgehead atoms. The second-order valence-corrected chi connectivity index (χ2v) is 7.02. The number of esters is 1. The molecule has 7 nitrogen and oxygen atoms in total. The minimum atomic E-state index is -0.740. The van der Waals surface area contributed by atoms with Gasteiger partial charge in [-0.25, -0.2) is 4.79 Å². The summed E-state index contributed by atoms with van der Waals surface area (Å²) in [5.41, 5.74) is 2.86. The van der Waals surface area contributed by atoms with Crippen molar-refractivity contribution >= 4 is 34.4 Å². The Morgan fingerprint density at radius 3 is 2.50 bits per heavy atom. The van der Waals surface area contributed by atoms with Crippen molar-refractivity contribution in [1.82, 2.24) is 10.3 Å². The van der Waals surface area contributed by atoms with Crippen LogP contribution >= 0.6 is 0 Å². The Morgan fingerprint density at radius 2 is 1.80 bits per heavy atom. The van der Waals surface area contributed by atoms with Crippen LogP contribution in [0.2, 0.25) is 0 Å². The van der Waals surface area contributed by atoms with Gasteiger partial charge in [-0.2, -0.15) is 0 Å². The van der Waals surface area contributed by atoms with Crippen molar-refractivity contribution in [3.05, 3.63) is 65.9 Å². The maximum atomic E-state index is 12.8. The molecule has 0 saturated heterocycles. The minimum Gasteiger partial charge on any atom is -0.462 e. The van der Waals surface area contributed by atoms with Crippen LogP contribution in [0.25, 0.3) is 10.9 Å². The highest BCUT2D eigenvalue weighted by atomic mass is 16.5. The van der Waals surface area contributed by atoms with Crippen LogP contribution in [0.5, 0.6) is 0 Å². The molecule has 0 spiro atoms. The molecular formula is C23H25N3O4. The average molecular weight is 407 g/mol. The first-order valence-corrected chi connectivity index (χ1v) is 9.88. The third kappa shape index (κ3) is 5.26. The smallest absolute Gasteiger partial charge is 0.338 e. The number of amides is 2. The van der Waals surface area contributed by atoms with Gasteiger partial charge in [-0.05, 0) is 42.3 Å². The van der Waals surface area contributed by atoms with E-state index in [0.717, 1.165) is 22.9 Å². The quantitative estimate of drug-likeness (QED) is 0.498. The molecule has 0 fully saturated rings. The fraction of sp³-hybridized carbons (Fsp3) is 0.261. The number of anilines is 1. The van der Waals surface area contributed by atoms with Crippen LogP contribution in [0.15, 0.2) is 54.7 Å². The summed E-state index contributed by atoms with van der Waals surface area (Å²) >= 11 is 0. The van der Waals surface area contributed by atoms with Gasteiger partial charge >= 0.3 is 5.97 Å². The van der Waals surface area contributed by atoms with Crippen molar-refractivity contribution < 1.29 is 19.1 Å². The Morgan fingerprint density at radius 1 is 1.07 bits per heavy atom. The largest absolute Gasteiger partial charge is 0.462 e. The third-order valence-corrected chi connectivity index (χ3v) is 4.62. The number of hydrogen-bond donors (Lipinski definition) is 3. The van der Waals surface area contributed by atoms with Crippen LogP contribution < -0.4 is 10.6 Å². The van der Waals surface area contributed by atoms with E-state index in [2.05, 4.69) is 15.6 Å². The number of fused-ring (bicyclic) bond motifs is 1. The molecule has 3 rings (SSSR count). The van der Waals surface area contributed by atoms with Crippen molar-refractivity contribution in [3.63, 3.8) is 0 Å². The molecule has 1 heterocycles. The number of carbonyl (C=O) groups is 3. The lowest BCUT2D eigenvalue weighted by Gasteiger charge is -2.17. The lowest BCUT2D eigenvalue weighted by atomic mass is 10.0. The van der Waals surface area contributed by atoms with Crippen molar-refractivity contribution in [2.75, 3.05) is 11.9 Å². The zero-order valence-electron chi connectivity index (χ0n) is 17.0. The summed E-state index contributed by atoms with van der Waals surface area (Å²) in [6, 6.07) is 13.5. The zero-order chi connectivity index (χ0) is 21.5. The predicted molar refractivity (Wildman–Crippen MR) is 115 cm³/mol. The number of aromatic nitrogens is 1. The van der Waals surface area contributed by atoms with Gasteiger partial charge in [-0.3, -0.25) is 9.59 Å². The van der Waals surface area contributed by atoms with Crippen LogP contribution in [0.1, 0.15) is 36.2 Å². The van der Waals surface area contributed by atoms with E-state index in [-0.39, 0.29) is 11.8 Å².